The summed E-state index contributed by atoms with van der Waals surface area (Å²) in [5, 5.41) is 3.94. The molecule has 2 N–H and O–H groups in total. The van der Waals surface area contributed by atoms with Crippen molar-refractivity contribution in [2.24, 2.45) is 0 Å². The Labute approximate surface area is 169 Å². The topological polar surface area (TPSA) is 82.3 Å². The average Bonchev–Trinajstić information content (AvgIpc) is 3.11. The first-order valence-corrected chi connectivity index (χ1v) is 9.65. The zero-order valence-electron chi connectivity index (χ0n) is 16.7. The van der Waals surface area contributed by atoms with E-state index in [1.807, 2.05) is 24.4 Å². The first-order valence-electron chi connectivity index (χ1n) is 9.65. The molecule has 3 aromatic rings. The minimum Gasteiger partial charge on any atom is -0.361 e. The van der Waals surface area contributed by atoms with E-state index in [1.165, 1.54) is 13.8 Å². The molecule has 29 heavy (non-hydrogen) atoms. The molecule has 0 saturated carbocycles. The number of hydrogen-bond donors (Lipinski definition) is 2. The van der Waals surface area contributed by atoms with Crippen LogP contribution < -0.4 is 5.32 Å². The van der Waals surface area contributed by atoms with E-state index >= 15 is 0 Å². The van der Waals surface area contributed by atoms with Gasteiger partial charge >= 0.3 is 0 Å². The second-order valence-electron chi connectivity index (χ2n) is 7.05. The van der Waals surface area contributed by atoms with Gasteiger partial charge in [-0.1, -0.05) is 30.3 Å². The molecular weight excluding hydrogens is 366 g/mol. The maximum atomic E-state index is 12.3. The van der Waals surface area contributed by atoms with Crippen molar-refractivity contribution in [2.75, 3.05) is 18.4 Å². The van der Waals surface area contributed by atoms with Gasteiger partial charge in [0, 0.05) is 54.8 Å². The van der Waals surface area contributed by atoms with Crippen LogP contribution in [0.3, 0.4) is 0 Å². The van der Waals surface area contributed by atoms with Gasteiger partial charge in [-0.3, -0.25) is 14.4 Å². The molecule has 2 amide bonds. The Balaban J connectivity index is 1.55. The van der Waals surface area contributed by atoms with Crippen LogP contribution in [-0.4, -0.2) is 40.6 Å². The van der Waals surface area contributed by atoms with Crippen molar-refractivity contribution in [2.45, 2.75) is 26.7 Å². The summed E-state index contributed by atoms with van der Waals surface area (Å²) in [6, 6.07) is 14.9. The van der Waals surface area contributed by atoms with Crippen molar-refractivity contribution in [3.8, 4) is 0 Å². The van der Waals surface area contributed by atoms with Crippen LogP contribution in [0.5, 0.6) is 0 Å². The molecule has 0 aliphatic carbocycles. The minimum absolute atomic E-state index is 0.0545. The van der Waals surface area contributed by atoms with E-state index in [9.17, 15) is 14.4 Å². The third-order valence-corrected chi connectivity index (χ3v) is 4.93. The van der Waals surface area contributed by atoms with Gasteiger partial charge in [-0.05, 0) is 37.1 Å². The van der Waals surface area contributed by atoms with Crippen molar-refractivity contribution in [3.05, 3.63) is 65.9 Å². The molecular formula is C23H25N3O3. The minimum atomic E-state index is -0.191. The number of hydrogen-bond acceptors (Lipinski definition) is 3. The van der Waals surface area contributed by atoms with Crippen molar-refractivity contribution >= 4 is 34.2 Å². The first-order chi connectivity index (χ1) is 13.9. The van der Waals surface area contributed by atoms with Gasteiger partial charge in [0.15, 0.2) is 5.78 Å². The van der Waals surface area contributed by atoms with E-state index in [1.54, 1.807) is 29.2 Å². The standard InChI is InChI=1S/C23H25N3O3/c1-16(27)18-6-5-7-20(14-18)25-23(29)11-13-26(17(2)28)12-10-19-15-24-22-9-4-3-8-21(19)22/h3-9,14-15,24H,10-13H2,1-2H3,(H,25,29). The number of amides is 2. The fraction of sp³-hybridized carbons (Fsp3) is 0.261. The lowest BCUT2D eigenvalue weighted by molar-refractivity contribution is -0.129. The largest absolute Gasteiger partial charge is 0.361 e. The predicted octanol–water partition coefficient (Wildman–Crippen LogP) is 3.79. The summed E-state index contributed by atoms with van der Waals surface area (Å²) in [6.45, 7) is 3.89. The van der Waals surface area contributed by atoms with Gasteiger partial charge in [-0.2, -0.15) is 0 Å². The van der Waals surface area contributed by atoms with Crippen molar-refractivity contribution in [3.63, 3.8) is 0 Å². The number of H-pyrrole nitrogens is 1. The lowest BCUT2D eigenvalue weighted by Crippen LogP contribution is -2.33. The van der Waals surface area contributed by atoms with Crippen LogP contribution in [-0.2, 0) is 16.0 Å². The number of aromatic amines is 1. The third-order valence-electron chi connectivity index (χ3n) is 4.93. The smallest absolute Gasteiger partial charge is 0.226 e. The van der Waals surface area contributed by atoms with Crippen molar-refractivity contribution < 1.29 is 14.4 Å². The van der Waals surface area contributed by atoms with E-state index in [-0.39, 0.29) is 24.0 Å². The third kappa shape index (κ3) is 5.31. The van der Waals surface area contributed by atoms with Crippen molar-refractivity contribution in [1.82, 2.24) is 9.88 Å². The van der Waals surface area contributed by atoms with Crippen LogP contribution in [0.1, 0.15) is 36.2 Å². The number of fused-ring (bicyclic) bond motifs is 1. The monoisotopic (exact) mass is 391 g/mol. The number of anilines is 1. The number of ketones is 1. The predicted molar refractivity (Wildman–Crippen MR) is 114 cm³/mol. The lowest BCUT2D eigenvalue weighted by Gasteiger charge is -2.20. The summed E-state index contributed by atoms with van der Waals surface area (Å²) in [6.07, 6.45) is 2.88. The SMILES string of the molecule is CC(=O)c1cccc(NC(=O)CCN(CCc2c[nH]c3ccccc23)C(C)=O)c1. The highest BCUT2D eigenvalue weighted by Crippen LogP contribution is 2.18. The number of benzene rings is 2. The van der Waals surface area contributed by atoms with Gasteiger partial charge in [0.2, 0.25) is 11.8 Å². The Morgan fingerprint density at radius 1 is 1.00 bits per heavy atom. The van der Waals surface area contributed by atoms with E-state index in [0.717, 1.165) is 16.5 Å². The highest BCUT2D eigenvalue weighted by atomic mass is 16.2. The molecule has 3 rings (SSSR count). The Kier molecular flexibility index (Phi) is 6.44. The lowest BCUT2D eigenvalue weighted by atomic mass is 10.1. The molecule has 150 valence electrons. The molecule has 0 spiro atoms. The fourth-order valence-corrected chi connectivity index (χ4v) is 3.30. The van der Waals surface area contributed by atoms with E-state index in [0.29, 0.717) is 30.8 Å². The molecule has 1 heterocycles. The average molecular weight is 391 g/mol. The molecule has 1 aromatic heterocycles. The van der Waals surface area contributed by atoms with E-state index in [4.69, 9.17) is 0 Å². The molecule has 0 radical (unpaired) electrons. The van der Waals surface area contributed by atoms with Crippen molar-refractivity contribution in [1.29, 1.82) is 0 Å². The zero-order valence-corrected chi connectivity index (χ0v) is 16.7. The summed E-state index contributed by atoms with van der Waals surface area (Å²) in [5.41, 5.74) is 3.35. The van der Waals surface area contributed by atoms with Crippen LogP contribution in [0.15, 0.2) is 54.7 Å². The molecule has 6 heteroatoms. The number of aromatic nitrogens is 1. The normalized spacial score (nSPS) is 10.7. The van der Waals surface area contributed by atoms with Crippen LogP contribution in [0.2, 0.25) is 0 Å². The number of carbonyl (C=O) groups excluding carboxylic acids is 3. The molecule has 2 aromatic carbocycles. The van der Waals surface area contributed by atoms with Crippen LogP contribution in [0.4, 0.5) is 5.69 Å². The highest BCUT2D eigenvalue weighted by molar-refractivity contribution is 5.97. The quantitative estimate of drug-likeness (QED) is 0.573. The molecule has 0 unspecified atom stereocenters. The second-order valence-corrected chi connectivity index (χ2v) is 7.05. The number of para-hydroxylation sites is 1. The molecule has 0 saturated heterocycles. The maximum absolute atomic E-state index is 12.3. The van der Waals surface area contributed by atoms with Gasteiger partial charge in [-0.25, -0.2) is 0 Å². The fourth-order valence-electron chi connectivity index (χ4n) is 3.30. The summed E-state index contributed by atoms with van der Waals surface area (Å²) in [4.78, 5) is 40.7. The number of carbonyl (C=O) groups is 3. The number of nitrogens with zero attached hydrogens (tertiary/aromatic N) is 1. The van der Waals surface area contributed by atoms with Crippen LogP contribution in [0, 0.1) is 0 Å². The number of rotatable bonds is 8. The summed E-state index contributed by atoms with van der Waals surface area (Å²) in [5.74, 6) is -0.304. The van der Waals surface area contributed by atoms with Gasteiger partial charge in [-0.15, -0.1) is 0 Å². The number of Topliss-reactive ketones (excluding diaryl/α,β-unsaturated/α-hetero) is 1. The van der Waals surface area contributed by atoms with E-state index < -0.39 is 0 Å². The Morgan fingerprint density at radius 2 is 1.79 bits per heavy atom. The molecule has 0 aliphatic rings. The molecule has 0 bridgehead atoms. The van der Waals surface area contributed by atoms with Gasteiger partial charge in [0.25, 0.3) is 0 Å². The molecule has 0 atom stereocenters. The number of nitrogens with one attached hydrogen (secondary N) is 2. The van der Waals surface area contributed by atoms with Gasteiger partial charge < -0.3 is 15.2 Å². The van der Waals surface area contributed by atoms with Crippen LogP contribution in [0.25, 0.3) is 10.9 Å². The summed E-state index contributed by atoms with van der Waals surface area (Å²) in [7, 11) is 0. The molecule has 6 nitrogen and oxygen atoms in total. The van der Waals surface area contributed by atoms with Gasteiger partial charge in [0.05, 0.1) is 0 Å². The molecule has 0 aliphatic heterocycles. The van der Waals surface area contributed by atoms with E-state index in [2.05, 4.69) is 16.4 Å². The zero-order chi connectivity index (χ0) is 20.8. The summed E-state index contributed by atoms with van der Waals surface area (Å²) < 4.78 is 0. The Morgan fingerprint density at radius 3 is 2.55 bits per heavy atom. The Bertz CT molecular complexity index is 1040. The van der Waals surface area contributed by atoms with Crippen LogP contribution >= 0.6 is 0 Å². The molecule has 0 fully saturated rings. The van der Waals surface area contributed by atoms with Gasteiger partial charge in [0.1, 0.15) is 0 Å². The Hall–Kier alpha value is -3.41. The highest BCUT2D eigenvalue weighted by Gasteiger charge is 2.13. The first kappa shape index (κ1) is 20.3. The maximum Gasteiger partial charge on any atom is 0.226 e. The second kappa shape index (κ2) is 9.19. The summed E-state index contributed by atoms with van der Waals surface area (Å²) >= 11 is 0.